The van der Waals surface area contributed by atoms with Crippen molar-refractivity contribution < 1.29 is 18.3 Å². The minimum atomic E-state index is -0.509. The van der Waals surface area contributed by atoms with Crippen LogP contribution in [0.4, 0.5) is 13.6 Å². The van der Waals surface area contributed by atoms with Crippen LogP contribution in [0, 0.1) is 11.6 Å². The highest BCUT2D eigenvalue weighted by Crippen LogP contribution is 2.19. The second kappa shape index (κ2) is 7.97. The molecule has 0 bridgehead atoms. The van der Waals surface area contributed by atoms with E-state index in [1.165, 1.54) is 36.3 Å². The van der Waals surface area contributed by atoms with Crippen LogP contribution in [0.2, 0.25) is 5.02 Å². The van der Waals surface area contributed by atoms with Crippen molar-refractivity contribution in [3.63, 3.8) is 0 Å². The summed E-state index contributed by atoms with van der Waals surface area (Å²) >= 11 is 5.69. The van der Waals surface area contributed by atoms with Gasteiger partial charge < -0.3 is 15.0 Å². The molecule has 0 aliphatic carbocycles. The average Bonchev–Trinajstić information content (AvgIpc) is 2.55. The lowest BCUT2D eigenvalue weighted by Crippen LogP contribution is -2.36. The zero-order chi connectivity index (χ0) is 17.7. The van der Waals surface area contributed by atoms with Crippen LogP contribution in [0.3, 0.4) is 0 Å². The molecule has 0 aliphatic heterocycles. The molecule has 0 unspecified atom stereocenters. The monoisotopic (exact) mass is 354 g/mol. The summed E-state index contributed by atoms with van der Waals surface area (Å²) in [5.41, 5.74) is 1.31. The van der Waals surface area contributed by atoms with Gasteiger partial charge in [-0.3, -0.25) is 0 Å². The van der Waals surface area contributed by atoms with Gasteiger partial charge in [0.2, 0.25) is 0 Å². The highest BCUT2D eigenvalue weighted by molar-refractivity contribution is 6.30. The number of carbonyl (C=O) groups is 1. The van der Waals surface area contributed by atoms with E-state index in [1.807, 2.05) is 0 Å². The molecule has 0 heterocycles. The fourth-order valence-corrected chi connectivity index (χ4v) is 2.32. The summed E-state index contributed by atoms with van der Waals surface area (Å²) in [6.07, 6.45) is 0. The lowest BCUT2D eigenvalue weighted by molar-refractivity contribution is 0.206. The second-order valence-electron chi connectivity index (χ2n) is 5.23. The van der Waals surface area contributed by atoms with Crippen LogP contribution in [-0.4, -0.2) is 25.1 Å². The summed E-state index contributed by atoms with van der Waals surface area (Å²) in [5, 5.41) is 2.69. The van der Waals surface area contributed by atoms with Crippen LogP contribution in [0.25, 0.3) is 0 Å². The van der Waals surface area contributed by atoms with E-state index in [1.54, 1.807) is 19.2 Å². The molecule has 24 heavy (non-hydrogen) atoms. The molecule has 0 saturated carbocycles. The van der Waals surface area contributed by atoms with E-state index in [0.29, 0.717) is 11.1 Å². The molecule has 128 valence electrons. The number of benzene rings is 2. The van der Waals surface area contributed by atoms with Gasteiger partial charge >= 0.3 is 6.03 Å². The van der Waals surface area contributed by atoms with Crippen LogP contribution < -0.4 is 10.1 Å². The lowest BCUT2D eigenvalue weighted by Gasteiger charge is -2.18. The minimum Gasteiger partial charge on any atom is -0.494 e. The minimum absolute atomic E-state index is 0.00353. The highest BCUT2D eigenvalue weighted by Gasteiger charge is 2.11. The number of nitrogens with zero attached hydrogens (tertiary/aromatic N) is 1. The molecular formula is C17H17ClF2N2O2. The molecule has 0 saturated heterocycles. The zero-order valence-electron chi connectivity index (χ0n) is 13.3. The summed E-state index contributed by atoms with van der Waals surface area (Å²) in [7, 11) is 2.98. The molecule has 0 fully saturated rings. The molecule has 7 heteroatoms. The Balaban J connectivity index is 1.92. The maximum absolute atomic E-state index is 13.7. The second-order valence-corrected chi connectivity index (χ2v) is 5.64. The Kier molecular flexibility index (Phi) is 5.98. The summed E-state index contributed by atoms with van der Waals surface area (Å²) in [6.45, 7) is 0.442. The predicted octanol–water partition coefficient (Wildman–Crippen LogP) is 3.97. The van der Waals surface area contributed by atoms with Crippen molar-refractivity contribution in [2.45, 2.75) is 13.1 Å². The molecule has 0 aliphatic rings. The molecule has 0 radical (unpaired) electrons. The van der Waals surface area contributed by atoms with E-state index in [4.69, 9.17) is 16.3 Å². The molecule has 4 nitrogen and oxygen atoms in total. The Morgan fingerprint density at radius 1 is 1.17 bits per heavy atom. The van der Waals surface area contributed by atoms with Gasteiger partial charge in [-0.25, -0.2) is 13.6 Å². The quantitative estimate of drug-likeness (QED) is 0.882. The largest absolute Gasteiger partial charge is 0.494 e. The van der Waals surface area contributed by atoms with Gasteiger partial charge in [-0.05, 0) is 35.4 Å². The Bertz CT molecular complexity index is 741. The number of hydrogen-bond acceptors (Lipinski definition) is 2. The van der Waals surface area contributed by atoms with Gasteiger partial charge in [0.1, 0.15) is 5.82 Å². The zero-order valence-corrected chi connectivity index (χ0v) is 14.0. The molecular weight excluding hydrogens is 338 g/mol. The third-order valence-electron chi connectivity index (χ3n) is 3.41. The fraction of sp³-hybridized carbons (Fsp3) is 0.235. The van der Waals surface area contributed by atoms with Crippen molar-refractivity contribution in [1.29, 1.82) is 0 Å². The first-order valence-electron chi connectivity index (χ1n) is 7.16. The van der Waals surface area contributed by atoms with Gasteiger partial charge in [0, 0.05) is 20.1 Å². The summed E-state index contributed by atoms with van der Waals surface area (Å²) in [4.78, 5) is 13.5. The van der Waals surface area contributed by atoms with Crippen molar-refractivity contribution in [1.82, 2.24) is 10.2 Å². The van der Waals surface area contributed by atoms with Crippen LogP contribution in [-0.2, 0) is 13.1 Å². The molecule has 2 amide bonds. The van der Waals surface area contributed by atoms with Gasteiger partial charge in [-0.15, -0.1) is 0 Å². The van der Waals surface area contributed by atoms with Crippen molar-refractivity contribution in [3.8, 4) is 5.75 Å². The van der Waals surface area contributed by atoms with Gasteiger partial charge in [-0.1, -0.05) is 23.7 Å². The number of rotatable bonds is 5. The third-order valence-corrected chi connectivity index (χ3v) is 3.70. The lowest BCUT2D eigenvalue weighted by atomic mass is 10.2. The highest BCUT2D eigenvalue weighted by atomic mass is 35.5. The van der Waals surface area contributed by atoms with Crippen molar-refractivity contribution in [2.24, 2.45) is 0 Å². The predicted molar refractivity (Wildman–Crippen MR) is 88.1 cm³/mol. The molecule has 0 atom stereocenters. The normalized spacial score (nSPS) is 10.4. The van der Waals surface area contributed by atoms with Crippen molar-refractivity contribution >= 4 is 17.6 Å². The average molecular weight is 355 g/mol. The van der Waals surface area contributed by atoms with Gasteiger partial charge in [0.15, 0.2) is 11.6 Å². The number of hydrogen-bond donors (Lipinski definition) is 1. The summed E-state index contributed by atoms with van der Waals surface area (Å²) in [6, 6.07) is 8.42. The summed E-state index contributed by atoms with van der Waals surface area (Å²) < 4.78 is 31.6. The Morgan fingerprint density at radius 2 is 1.88 bits per heavy atom. The van der Waals surface area contributed by atoms with Crippen LogP contribution in [0.1, 0.15) is 11.1 Å². The number of ether oxygens (including phenoxy) is 1. The molecule has 2 aromatic carbocycles. The van der Waals surface area contributed by atoms with E-state index < -0.39 is 11.6 Å². The molecule has 0 spiro atoms. The van der Waals surface area contributed by atoms with Crippen molar-refractivity contribution in [3.05, 3.63) is 64.2 Å². The Labute approximate surface area is 144 Å². The number of urea groups is 1. The van der Waals surface area contributed by atoms with Crippen LogP contribution in [0.5, 0.6) is 5.75 Å². The van der Waals surface area contributed by atoms with Crippen molar-refractivity contribution in [2.75, 3.05) is 14.2 Å². The SMILES string of the molecule is COc1ccc(CN(C)C(=O)NCc2ccc(F)c(Cl)c2)cc1F. The number of nitrogens with one attached hydrogen (secondary N) is 1. The topological polar surface area (TPSA) is 41.6 Å². The molecule has 2 aromatic rings. The number of methoxy groups -OCH3 is 1. The van der Waals surface area contributed by atoms with E-state index in [2.05, 4.69) is 5.32 Å². The number of carbonyl (C=O) groups excluding carboxylic acids is 1. The van der Waals surface area contributed by atoms with Crippen LogP contribution in [0.15, 0.2) is 36.4 Å². The maximum atomic E-state index is 13.7. The maximum Gasteiger partial charge on any atom is 0.317 e. The smallest absolute Gasteiger partial charge is 0.317 e. The van der Waals surface area contributed by atoms with Crippen LogP contribution >= 0.6 is 11.6 Å². The Hall–Kier alpha value is -2.34. The molecule has 2 rings (SSSR count). The van der Waals surface area contributed by atoms with Gasteiger partial charge in [0.25, 0.3) is 0 Å². The Morgan fingerprint density at radius 3 is 2.50 bits per heavy atom. The fourth-order valence-electron chi connectivity index (χ4n) is 2.12. The summed E-state index contributed by atoms with van der Waals surface area (Å²) in [5.74, 6) is -0.839. The first kappa shape index (κ1) is 18.0. The number of amides is 2. The molecule has 0 aromatic heterocycles. The first-order valence-corrected chi connectivity index (χ1v) is 7.54. The first-order chi connectivity index (χ1) is 11.4. The van der Waals surface area contributed by atoms with E-state index in [0.717, 1.165) is 0 Å². The van der Waals surface area contributed by atoms with Gasteiger partial charge in [0.05, 0.1) is 12.1 Å². The van der Waals surface area contributed by atoms with E-state index in [-0.39, 0.29) is 29.9 Å². The number of halogens is 3. The van der Waals surface area contributed by atoms with E-state index >= 15 is 0 Å². The molecule has 1 N–H and O–H groups in total. The third kappa shape index (κ3) is 4.58. The standard InChI is InChI=1S/C17H17ClF2N2O2/c1-22(10-12-4-6-16(24-2)15(20)8-12)17(23)21-9-11-3-5-14(19)13(18)7-11/h3-8H,9-10H2,1-2H3,(H,21,23). The van der Waals surface area contributed by atoms with E-state index in [9.17, 15) is 13.6 Å². The van der Waals surface area contributed by atoms with Gasteiger partial charge in [-0.2, -0.15) is 0 Å².